The van der Waals surface area contributed by atoms with E-state index in [1.165, 1.54) is 25.0 Å². The highest BCUT2D eigenvalue weighted by Crippen LogP contribution is 2.57. The van der Waals surface area contributed by atoms with Crippen LogP contribution in [-0.4, -0.2) is 24.7 Å². The maximum absolute atomic E-state index is 6.02. The molecule has 16 heavy (non-hydrogen) atoms. The normalized spacial score (nSPS) is 25.6. The molecule has 0 aromatic carbocycles. The molecule has 3 nitrogen and oxygen atoms in total. The van der Waals surface area contributed by atoms with Crippen LogP contribution in [0.4, 0.5) is 0 Å². The summed E-state index contributed by atoms with van der Waals surface area (Å²) in [4.78, 5) is 4.53. The second kappa shape index (κ2) is 3.54. The van der Waals surface area contributed by atoms with Crippen molar-refractivity contribution in [2.24, 2.45) is 11.1 Å². The van der Waals surface area contributed by atoms with Crippen molar-refractivity contribution in [3.63, 3.8) is 0 Å². The highest BCUT2D eigenvalue weighted by molar-refractivity contribution is 5.27. The van der Waals surface area contributed by atoms with Crippen molar-refractivity contribution < 1.29 is 4.74 Å². The van der Waals surface area contributed by atoms with Gasteiger partial charge in [0.2, 0.25) is 0 Å². The zero-order valence-electron chi connectivity index (χ0n) is 9.48. The van der Waals surface area contributed by atoms with Crippen molar-refractivity contribution in [3.05, 3.63) is 30.1 Å². The number of aromatic nitrogens is 1. The molecule has 0 spiro atoms. The fraction of sp³-hybridized carbons (Fsp3) is 0.615. The SMILES string of the molecule is NCC1(C2(c3ccccn3)COC2)CCC1. The van der Waals surface area contributed by atoms with Crippen molar-refractivity contribution in [2.45, 2.75) is 24.7 Å². The number of hydrogen-bond acceptors (Lipinski definition) is 3. The standard InChI is InChI=1S/C13H18N2O/c14-8-12(5-3-6-12)13(9-16-10-13)11-4-1-2-7-15-11/h1-2,4,7H,3,5-6,8-10,14H2. The molecular formula is C13H18N2O. The summed E-state index contributed by atoms with van der Waals surface area (Å²) in [7, 11) is 0. The largest absolute Gasteiger partial charge is 0.379 e. The maximum Gasteiger partial charge on any atom is 0.0661 e. The molecule has 2 N–H and O–H groups in total. The Labute approximate surface area is 96.0 Å². The number of nitrogens with zero attached hydrogens (tertiary/aromatic N) is 1. The Kier molecular flexibility index (Phi) is 2.26. The van der Waals surface area contributed by atoms with Gasteiger partial charge in [0.25, 0.3) is 0 Å². The lowest BCUT2D eigenvalue weighted by Gasteiger charge is -2.59. The summed E-state index contributed by atoms with van der Waals surface area (Å²) in [5, 5.41) is 0. The topological polar surface area (TPSA) is 48.1 Å². The van der Waals surface area contributed by atoms with E-state index >= 15 is 0 Å². The minimum absolute atomic E-state index is 0.0985. The highest BCUT2D eigenvalue weighted by atomic mass is 16.5. The fourth-order valence-electron chi connectivity index (χ4n) is 3.16. The summed E-state index contributed by atoms with van der Waals surface area (Å²) in [6.07, 6.45) is 5.62. The van der Waals surface area contributed by atoms with Gasteiger partial charge in [0, 0.05) is 6.20 Å². The summed E-state index contributed by atoms with van der Waals surface area (Å²) < 4.78 is 5.48. The summed E-state index contributed by atoms with van der Waals surface area (Å²) in [6, 6.07) is 6.15. The Balaban J connectivity index is 2.00. The smallest absolute Gasteiger partial charge is 0.0661 e. The van der Waals surface area contributed by atoms with Crippen LogP contribution in [0.5, 0.6) is 0 Å². The molecule has 2 heterocycles. The van der Waals surface area contributed by atoms with E-state index in [0.717, 1.165) is 19.8 Å². The molecule has 1 saturated carbocycles. The number of pyridine rings is 1. The Morgan fingerprint density at radius 1 is 1.31 bits per heavy atom. The van der Waals surface area contributed by atoms with Crippen LogP contribution in [0.3, 0.4) is 0 Å². The van der Waals surface area contributed by atoms with Crippen LogP contribution in [-0.2, 0) is 10.2 Å². The van der Waals surface area contributed by atoms with Gasteiger partial charge in [0.15, 0.2) is 0 Å². The predicted octanol–water partition coefficient (Wildman–Crippen LogP) is 1.48. The Morgan fingerprint density at radius 2 is 2.12 bits per heavy atom. The van der Waals surface area contributed by atoms with Crippen molar-refractivity contribution in [1.29, 1.82) is 0 Å². The molecule has 3 rings (SSSR count). The molecule has 0 amide bonds. The van der Waals surface area contributed by atoms with Crippen LogP contribution in [0.1, 0.15) is 25.0 Å². The third-order valence-electron chi connectivity index (χ3n) is 4.57. The molecule has 1 aliphatic heterocycles. The van der Waals surface area contributed by atoms with Crippen molar-refractivity contribution in [1.82, 2.24) is 4.98 Å². The second-order valence-corrected chi connectivity index (χ2v) is 5.13. The lowest BCUT2D eigenvalue weighted by atomic mass is 9.50. The van der Waals surface area contributed by atoms with E-state index in [0.29, 0.717) is 0 Å². The maximum atomic E-state index is 6.02. The van der Waals surface area contributed by atoms with Crippen molar-refractivity contribution in [3.8, 4) is 0 Å². The van der Waals surface area contributed by atoms with Gasteiger partial charge in [-0.25, -0.2) is 0 Å². The molecule has 1 aromatic heterocycles. The van der Waals surface area contributed by atoms with Crippen LogP contribution in [0, 0.1) is 5.41 Å². The van der Waals surface area contributed by atoms with E-state index in [4.69, 9.17) is 10.5 Å². The minimum Gasteiger partial charge on any atom is -0.379 e. The number of rotatable bonds is 3. The molecule has 3 heteroatoms. The third kappa shape index (κ3) is 1.13. The van der Waals surface area contributed by atoms with Gasteiger partial charge in [-0.3, -0.25) is 4.98 Å². The number of hydrogen-bond donors (Lipinski definition) is 1. The zero-order valence-corrected chi connectivity index (χ0v) is 9.48. The van der Waals surface area contributed by atoms with Gasteiger partial charge in [-0.1, -0.05) is 12.5 Å². The van der Waals surface area contributed by atoms with Gasteiger partial charge >= 0.3 is 0 Å². The number of ether oxygens (including phenoxy) is 1. The van der Waals surface area contributed by atoms with E-state index in [1.807, 2.05) is 12.3 Å². The first-order valence-electron chi connectivity index (χ1n) is 6.02. The summed E-state index contributed by atoms with van der Waals surface area (Å²) in [6.45, 7) is 2.34. The predicted molar refractivity (Wildman–Crippen MR) is 62.1 cm³/mol. The Hall–Kier alpha value is -0.930. The van der Waals surface area contributed by atoms with E-state index < -0.39 is 0 Å². The molecule has 0 atom stereocenters. The van der Waals surface area contributed by atoms with E-state index in [1.54, 1.807) is 0 Å². The molecule has 0 bridgehead atoms. The highest BCUT2D eigenvalue weighted by Gasteiger charge is 2.59. The first kappa shape index (κ1) is 10.2. The van der Waals surface area contributed by atoms with Gasteiger partial charge in [0.1, 0.15) is 0 Å². The van der Waals surface area contributed by atoms with Gasteiger partial charge < -0.3 is 10.5 Å². The average molecular weight is 218 g/mol. The molecule has 2 aliphatic rings. The molecule has 2 fully saturated rings. The molecule has 86 valence electrons. The van der Waals surface area contributed by atoms with Crippen LogP contribution in [0.25, 0.3) is 0 Å². The first-order chi connectivity index (χ1) is 7.83. The average Bonchev–Trinajstić information content (AvgIpc) is 2.22. The van der Waals surface area contributed by atoms with Gasteiger partial charge in [0.05, 0.1) is 24.3 Å². The molecule has 1 saturated heterocycles. The van der Waals surface area contributed by atoms with Crippen LogP contribution < -0.4 is 5.73 Å². The second-order valence-electron chi connectivity index (χ2n) is 5.13. The van der Waals surface area contributed by atoms with E-state index in [-0.39, 0.29) is 10.8 Å². The summed E-state index contributed by atoms with van der Waals surface area (Å²) in [5.41, 5.74) is 7.54. The van der Waals surface area contributed by atoms with Gasteiger partial charge in [-0.15, -0.1) is 0 Å². The molecule has 0 radical (unpaired) electrons. The van der Waals surface area contributed by atoms with Gasteiger partial charge in [-0.05, 0) is 36.9 Å². The summed E-state index contributed by atoms with van der Waals surface area (Å²) in [5.74, 6) is 0. The van der Waals surface area contributed by atoms with Crippen LogP contribution in [0.15, 0.2) is 24.4 Å². The zero-order chi connectivity index (χ0) is 11.1. The lowest BCUT2D eigenvalue weighted by molar-refractivity contribution is -0.155. The van der Waals surface area contributed by atoms with Crippen molar-refractivity contribution >= 4 is 0 Å². The third-order valence-corrected chi connectivity index (χ3v) is 4.57. The van der Waals surface area contributed by atoms with E-state index in [9.17, 15) is 0 Å². The summed E-state index contributed by atoms with van der Waals surface area (Å²) >= 11 is 0. The molecule has 1 aliphatic carbocycles. The Morgan fingerprint density at radius 3 is 2.50 bits per heavy atom. The fourth-order valence-corrected chi connectivity index (χ4v) is 3.16. The van der Waals surface area contributed by atoms with Crippen LogP contribution in [0.2, 0.25) is 0 Å². The van der Waals surface area contributed by atoms with Gasteiger partial charge in [-0.2, -0.15) is 0 Å². The number of nitrogens with two attached hydrogens (primary N) is 1. The molecule has 1 aromatic rings. The molecular weight excluding hydrogens is 200 g/mol. The monoisotopic (exact) mass is 218 g/mol. The van der Waals surface area contributed by atoms with Crippen LogP contribution >= 0.6 is 0 Å². The van der Waals surface area contributed by atoms with E-state index in [2.05, 4.69) is 17.1 Å². The molecule has 0 unspecified atom stereocenters. The first-order valence-corrected chi connectivity index (χ1v) is 6.02. The van der Waals surface area contributed by atoms with Crippen molar-refractivity contribution in [2.75, 3.05) is 19.8 Å². The quantitative estimate of drug-likeness (QED) is 0.836. The minimum atomic E-state index is 0.0985. The lowest BCUT2D eigenvalue weighted by Crippen LogP contribution is -2.64. The Bertz CT molecular complexity index is 363.